The molecule has 2 aromatic heterocycles. The molecule has 6 nitrogen and oxygen atoms in total. The molecule has 0 N–H and O–H groups in total. The Morgan fingerprint density at radius 3 is 2.18 bits per heavy atom. The number of halogens is 1. The van der Waals surface area contributed by atoms with Gasteiger partial charge in [0.1, 0.15) is 0 Å². The summed E-state index contributed by atoms with van der Waals surface area (Å²) in [7, 11) is 0. The maximum absolute atomic E-state index is 15.8. The summed E-state index contributed by atoms with van der Waals surface area (Å²) in [5, 5.41) is 14.5. The van der Waals surface area contributed by atoms with E-state index >= 15 is 4.39 Å². The zero-order valence-electron chi connectivity index (χ0n) is 27.7. The van der Waals surface area contributed by atoms with Crippen LogP contribution in [0.25, 0.3) is 22.5 Å². The van der Waals surface area contributed by atoms with Crippen molar-refractivity contribution in [3.8, 4) is 28.3 Å². The number of hydrogen-bond donors (Lipinski definition) is 0. The van der Waals surface area contributed by atoms with Crippen LogP contribution in [-0.2, 0) is 25.9 Å². The number of nitrogens with zero attached hydrogens (tertiary/aromatic N) is 5. The van der Waals surface area contributed by atoms with E-state index in [0.29, 0.717) is 18.0 Å². The molecule has 240 valence electrons. The van der Waals surface area contributed by atoms with Crippen LogP contribution in [0.2, 0.25) is 13.3 Å². The van der Waals surface area contributed by atoms with Gasteiger partial charge in [-0.25, -0.2) is 0 Å². The number of rotatable bonds is 16. The molecule has 0 saturated heterocycles. The second-order valence-corrected chi connectivity index (χ2v) is 25.1. The molecule has 2 heterocycles. The Hall–Kier alpha value is -2.81. The molecule has 0 spiro atoms. The van der Waals surface area contributed by atoms with Crippen molar-refractivity contribution in [2.75, 3.05) is 0 Å². The second-order valence-electron chi connectivity index (χ2n) is 12.7. The molecular formula is C37H50FN5OSn. The quantitative estimate of drug-likeness (QED) is 0.108. The van der Waals surface area contributed by atoms with Crippen molar-refractivity contribution >= 4 is 18.7 Å². The molecule has 2 aromatic carbocycles. The number of aromatic nitrogens is 5. The van der Waals surface area contributed by atoms with E-state index in [2.05, 4.69) is 41.9 Å². The average Bonchev–Trinajstić information content (AvgIpc) is 3.58. The molecule has 0 radical (unpaired) electrons. The second kappa shape index (κ2) is 16.1. The summed E-state index contributed by atoms with van der Waals surface area (Å²) in [6, 6.07) is 15.4. The Balaban J connectivity index is 1.40. The fourth-order valence-corrected chi connectivity index (χ4v) is 20.7. The number of ether oxygens (including phenoxy) is 1. The van der Waals surface area contributed by atoms with E-state index in [1.165, 1.54) is 69.5 Å². The minimum absolute atomic E-state index is 0.274. The predicted octanol–water partition coefficient (Wildman–Crippen LogP) is 9.76. The number of benzene rings is 2. The summed E-state index contributed by atoms with van der Waals surface area (Å²) >= 11 is -2.91. The Morgan fingerprint density at radius 1 is 0.822 bits per heavy atom. The number of pyridine rings is 1. The molecule has 5 rings (SSSR count). The van der Waals surface area contributed by atoms with Gasteiger partial charge in [0.15, 0.2) is 0 Å². The zero-order valence-corrected chi connectivity index (χ0v) is 30.6. The van der Waals surface area contributed by atoms with Crippen LogP contribution in [-0.4, -0.2) is 42.1 Å². The Morgan fingerprint density at radius 2 is 1.51 bits per heavy atom. The van der Waals surface area contributed by atoms with Crippen molar-refractivity contribution in [2.45, 2.75) is 118 Å². The molecule has 0 atom stereocenters. The number of tetrazole rings is 1. The first-order valence-electron chi connectivity index (χ1n) is 17.3. The molecule has 4 aromatic rings. The molecule has 0 aliphatic heterocycles. The minimum atomic E-state index is -2.91. The van der Waals surface area contributed by atoms with Crippen LogP contribution in [0, 0.1) is 5.82 Å². The van der Waals surface area contributed by atoms with Gasteiger partial charge in [-0.1, -0.05) is 6.92 Å². The molecule has 0 saturated carbocycles. The number of fused-ring (bicyclic) bond motifs is 1. The van der Waals surface area contributed by atoms with Crippen LogP contribution in [0.3, 0.4) is 0 Å². The van der Waals surface area contributed by atoms with Crippen LogP contribution in [0.1, 0.15) is 102 Å². The molecule has 8 heteroatoms. The van der Waals surface area contributed by atoms with E-state index in [1.54, 1.807) is 6.07 Å². The van der Waals surface area contributed by atoms with Gasteiger partial charge in [0, 0.05) is 23.0 Å². The number of aryl methyl sites for hydroxylation is 2. The van der Waals surface area contributed by atoms with Gasteiger partial charge in [0.25, 0.3) is 0 Å². The third-order valence-electron chi connectivity index (χ3n) is 9.39. The monoisotopic (exact) mass is 719 g/mol. The first-order valence-corrected chi connectivity index (χ1v) is 24.7. The van der Waals surface area contributed by atoms with E-state index in [-0.39, 0.29) is 5.82 Å². The van der Waals surface area contributed by atoms with Gasteiger partial charge in [0.2, 0.25) is 0 Å². The molecule has 1 aliphatic rings. The van der Waals surface area contributed by atoms with Crippen molar-refractivity contribution in [1.29, 1.82) is 0 Å². The van der Waals surface area contributed by atoms with Gasteiger partial charge in [0.05, 0.1) is 0 Å². The summed E-state index contributed by atoms with van der Waals surface area (Å²) in [5.41, 5.74) is 6.39. The SMILES string of the molecule is CCC[CH2][Sn]([CH2]CCC)([CH2]CCC)[n]1nnc(-c2ccccc2-c2ccc(COc3cc(CC)nc4c3CCCC4)cc2F)n1. The molecule has 0 amide bonds. The number of unbranched alkanes of at least 4 members (excludes halogenated alkanes) is 3. The van der Waals surface area contributed by atoms with Crippen LogP contribution < -0.4 is 4.74 Å². The Kier molecular flexibility index (Phi) is 12.0. The van der Waals surface area contributed by atoms with Crippen molar-refractivity contribution in [3.05, 3.63) is 76.9 Å². The van der Waals surface area contributed by atoms with Crippen LogP contribution in [0.4, 0.5) is 4.39 Å². The van der Waals surface area contributed by atoms with Gasteiger partial charge >= 0.3 is 208 Å². The summed E-state index contributed by atoms with van der Waals surface area (Å²) in [6.07, 6.45) is 12.4. The van der Waals surface area contributed by atoms with Crippen molar-refractivity contribution in [2.24, 2.45) is 0 Å². The van der Waals surface area contributed by atoms with Crippen molar-refractivity contribution in [1.82, 2.24) is 23.4 Å². The molecule has 1 aliphatic carbocycles. The summed E-state index contributed by atoms with van der Waals surface area (Å²) < 4.78 is 28.0. The third kappa shape index (κ3) is 7.95. The molecule has 0 unspecified atom stereocenters. The maximum atomic E-state index is 15.8. The third-order valence-corrected chi connectivity index (χ3v) is 23.3. The van der Waals surface area contributed by atoms with Gasteiger partial charge in [-0.05, 0) is 32.1 Å². The first kappa shape index (κ1) is 33.5. The summed E-state index contributed by atoms with van der Waals surface area (Å²) in [5.74, 6) is 1.22. The van der Waals surface area contributed by atoms with E-state index in [1.807, 2.05) is 36.4 Å². The van der Waals surface area contributed by atoms with E-state index < -0.39 is 18.7 Å². The Labute approximate surface area is 273 Å². The van der Waals surface area contributed by atoms with Gasteiger partial charge in [-0.15, -0.1) is 0 Å². The van der Waals surface area contributed by atoms with E-state index in [4.69, 9.17) is 20.0 Å². The fourth-order valence-electron chi connectivity index (χ4n) is 6.69. The van der Waals surface area contributed by atoms with Crippen molar-refractivity contribution in [3.63, 3.8) is 0 Å². The van der Waals surface area contributed by atoms with Gasteiger partial charge in [-0.2, -0.15) is 0 Å². The summed E-state index contributed by atoms with van der Waals surface area (Å²) in [4.78, 5) is 4.84. The van der Waals surface area contributed by atoms with Crippen LogP contribution in [0.5, 0.6) is 5.75 Å². The van der Waals surface area contributed by atoms with Crippen LogP contribution >= 0.6 is 0 Å². The fraction of sp³-hybridized carbons (Fsp3) is 0.514. The molecule has 0 fully saturated rings. The first-order chi connectivity index (χ1) is 22.0. The van der Waals surface area contributed by atoms with Crippen LogP contribution in [0.15, 0.2) is 48.5 Å². The zero-order chi connectivity index (χ0) is 31.6. The van der Waals surface area contributed by atoms with Crippen molar-refractivity contribution < 1.29 is 9.13 Å². The van der Waals surface area contributed by atoms with E-state index in [9.17, 15) is 0 Å². The molecule has 45 heavy (non-hydrogen) atoms. The predicted molar refractivity (Wildman–Crippen MR) is 184 cm³/mol. The Bertz CT molecular complexity index is 1530. The van der Waals surface area contributed by atoms with Gasteiger partial charge < -0.3 is 0 Å². The molecule has 0 bridgehead atoms. The van der Waals surface area contributed by atoms with E-state index in [0.717, 1.165) is 53.8 Å². The standard InChI is InChI=1S/C25H23FN5O.3C4H9.Sn/c1-2-17-14-24(21-9-5-6-10-23(21)27-17)32-15-16-11-12-19(22(26)13-16)18-7-3-4-8-20(18)25-28-30-31-29-25;3*1-3-4-2;/h3-4,7-8,11-14H,2,5-6,9-10,15H2,1H3;3*1,3-4H2,2H3;/q-1;;;;+1. The average molecular weight is 719 g/mol. The topological polar surface area (TPSA) is 65.7 Å². The number of hydrogen-bond acceptors (Lipinski definition) is 5. The normalized spacial score (nSPS) is 13.2. The summed E-state index contributed by atoms with van der Waals surface area (Å²) in [6.45, 7) is 9.25. The molecular weight excluding hydrogens is 668 g/mol. The van der Waals surface area contributed by atoms with Gasteiger partial charge in [-0.3, -0.25) is 4.98 Å².